The Hall–Kier alpha value is -2.04. The van der Waals surface area contributed by atoms with Crippen LogP contribution in [0.1, 0.15) is 0 Å². The number of benzene rings is 1. The van der Waals surface area contributed by atoms with Crippen molar-refractivity contribution in [2.24, 2.45) is 0 Å². The summed E-state index contributed by atoms with van der Waals surface area (Å²) >= 11 is 0. The van der Waals surface area contributed by atoms with E-state index in [1.807, 2.05) is 0 Å². The smallest absolute Gasteiger partial charge is 0.280 e. The molecule has 1 N–H and O–H groups in total. The van der Waals surface area contributed by atoms with Crippen molar-refractivity contribution >= 4 is 0 Å². The molecule has 3 nitrogen and oxygen atoms in total. The maximum Gasteiger partial charge on any atom is 0.347 e. The Morgan fingerprint density at radius 1 is 1.13 bits per heavy atom. The molecule has 0 saturated carbocycles. The fraction of sp³-hybridized carbons (Fsp3) is 0. The Kier molecular flexibility index (Phi) is 2.29. The SMILES string of the molecule is O=c1nc(-c2ccccc2)c(F)c(F)[nH]1. The van der Waals surface area contributed by atoms with Crippen molar-refractivity contribution in [3.63, 3.8) is 0 Å². The molecule has 15 heavy (non-hydrogen) atoms. The second kappa shape index (κ2) is 3.61. The lowest BCUT2D eigenvalue weighted by molar-refractivity contribution is 0.472. The Balaban J connectivity index is 2.68. The molecule has 76 valence electrons. The van der Waals surface area contributed by atoms with E-state index in [1.54, 1.807) is 35.3 Å². The number of halogens is 2. The van der Waals surface area contributed by atoms with Crippen LogP contribution in [0.4, 0.5) is 8.78 Å². The third kappa shape index (κ3) is 1.76. The van der Waals surface area contributed by atoms with Gasteiger partial charge in [-0.25, -0.2) is 4.79 Å². The number of hydrogen-bond donors (Lipinski definition) is 1. The zero-order valence-corrected chi connectivity index (χ0v) is 7.50. The average Bonchev–Trinajstić information content (AvgIpc) is 2.24. The second-order valence-electron chi connectivity index (χ2n) is 2.88. The lowest BCUT2D eigenvalue weighted by Crippen LogP contribution is -2.15. The molecule has 1 heterocycles. The number of aromatic amines is 1. The van der Waals surface area contributed by atoms with E-state index in [-0.39, 0.29) is 5.69 Å². The van der Waals surface area contributed by atoms with E-state index in [1.165, 1.54) is 0 Å². The monoisotopic (exact) mass is 208 g/mol. The van der Waals surface area contributed by atoms with Gasteiger partial charge in [0.25, 0.3) is 0 Å². The molecule has 0 radical (unpaired) electrons. The Morgan fingerprint density at radius 2 is 1.80 bits per heavy atom. The highest BCUT2D eigenvalue weighted by molar-refractivity contribution is 5.58. The summed E-state index contributed by atoms with van der Waals surface area (Å²) in [6.07, 6.45) is 0. The van der Waals surface area contributed by atoms with Crippen LogP contribution >= 0.6 is 0 Å². The molecule has 2 aromatic rings. The minimum absolute atomic E-state index is 0.281. The maximum absolute atomic E-state index is 13.3. The van der Waals surface area contributed by atoms with E-state index in [0.29, 0.717) is 5.56 Å². The van der Waals surface area contributed by atoms with Crippen LogP contribution in [0.2, 0.25) is 0 Å². The molecule has 0 unspecified atom stereocenters. The van der Waals surface area contributed by atoms with Crippen molar-refractivity contribution < 1.29 is 8.78 Å². The molecular formula is C10H6F2N2O. The van der Waals surface area contributed by atoms with Gasteiger partial charge in [0, 0.05) is 5.56 Å². The molecule has 0 aliphatic carbocycles. The lowest BCUT2D eigenvalue weighted by atomic mass is 10.1. The molecule has 0 bridgehead atoms. The fourth-order valence-corrected chi connectivity index (χ4v) is 1.22. The first-order valence-electron chi connectivity index (χ1n) is 4.19. The number of H-pyrrole nitrogens is 1. The standard InChI is InChI=1S/C10H6F2N2O/c11-7-8(6-4-2-1-3-5-6)13-10(15)14-9(7)12/h1-5H,(H,13,14,15). The molecular weight excluding hydrogens is 202 g/mol. The van der Waals surface area contributed by atoms with Crippen LogP contribution in [-0.4, -0.2) is 9.97 Å². The highest BCUT2D eigenvalue weighted by atomic mass is 19.2. The number of nitrogens with zero attached hydrogens (tertiary/aromatic N) is 1. The Labute approximate surface area is 83.4 Å². The average molecular weight is 208 g/mol. The molecule has 0 atom stereocenters. The van der Waals surface area contributed by atoms with E-state index in [0.717, 1.165) is 0 Å². The number of hydrogen-bond acceptors (Lipinski definition) is 2. The first-order valence-corrected chi connectivity index (χ1v) is 4.19. The normalized spacial score (nSPS) is 10.3. The van der Waals surface area contributed by atoms with E-state index in [2.05, 4.69) is 4.98 Å². The summed E-state index contributed by atoms with van der Waals surface area (Å²) in [4.78, 5) is 15.9. The molecule has 1 aromatic carbocycles. The van der Waals surface area contributed by atoms with Crippen LogP contribution < -0.4 is 5.69 Å². The highest BCUT2D eigenvalue weighted by Crippen LogP contribution is 2.18. The zero-order valence-electron chi connectivity index (χ0n) is 7.50. The van der Waals surface area contributed by atoms with Gasteiger partial charge in [0.2, 0.25) is 11.8 Å². The number of aromatic nitrogens is 2. The van der Waals surface area contributed by atoms with Gasteiger partial charge in [0.05, 0.1) is 0 Å². The van der Waals surface area contributed by atoms with Gasteiger partial charge in [-0.2, -0.15) is 13.8 Å². The summed E-state index contributed by atoms with van der Waals surface area (Å²) in [7, 11) is 0. The van der Waals surface area contributed by atoms with E-state index >= 15 is 0 Å². The number of nitrogens with one attached hydrogen (secondary N) is 1. The van der Waals surface area contributed by atoms with E-state index < -0.39 is 17.5 Å². The molecule has 0 amide bonds. The fourth-order valence-electron chi connectivity index (χ4n) is 1.22. The van der Waals surface area contributed by atoms with Crippen molar-refractivity contribution in [2.45, 2.75) is 0 Å². The van der Waals surface area contributed by atoms with Gasteiger partial charge in [-0.05, 0) is 0 Å². The molecule has 0 aliphatic rings. The van der Waals surface area contributed by atoms with Gasteiger partial charge in [-0.1, -0.05) is 30.3 Å². The summed E-state index contributed by atoms with van der Waals surface area (Å²) in [5.41, 5.74) is -0.829. The first-order chi connectivity index (χ1) is 7.18. The Morgan fingerprint density at radius 3 is 2.47 bits per heavy atom. The zero-order chi connectivity index (χ0) is 10.8. The van der Waals surface area contributed by atoms with E-state index in [9.17, 15) is 13.6 Å². The molecule has 0 spiro atoms. The topological polar surface area (TPSA) is 45.8 Å². The highest BCUT2D eigenvalue weighted by Gasteiger charge is 2.13. The Bertz CT molecular complexity index is 537. The van der Waals surface area contributed by atoms with Crippen LogP contribution in [0, 0.1) is 11.8 Å². The summed E-state index contributed by atoms with van der Waals surface area (Å²) in [5.74, 6) is -2.45. The van der Waals surface area contributed by atoms with Crippen molar-refractivity contribution in [1.29, 1.82) is 0 Å². The van der Waals surface area contributed by atoms with Gasteiger partial charge in [0.1, 0.15) is 5.69 Å². The quantitative estimate of drug-likeness (QED) is 0.725. The third-order valence-electron chi connectivity index (χ3n) is 1.88. The summed E-state index contributed by atoms with van der Waals surface area (Å²) in [6, 6.07) is 8.12. The molecule has 2 rings (SSSR count). The van der Waals surface area contributed by atoms with Crippen LogP contribution in [0.3, 0.4) is 0 Å². The van der Waals surface area contributed by atoms with Crippen LogP contribution in [0.25, 0.3) is 11.3 Å². The maximum atomic E-state index is 13.3. The molecule has 5 heteroatoms. The minimum atomic E-state index is -1.30. The third-order valence-corrected chi connectivity index (χ3v) is 1.88. The largest absolute Gasteiger partial charge is 0.347 e. The van der Waals surface area contributed by atoms with Crippen molar-refractivity contribution in [1.82, 2.24) is 9.97 Å². The summed E-state index contributed by atoms with van der Waals surface area (Å²) in [5, 5.41) is 0. The predicted molar refractivity (Wildman–Crippen MR) is 50.2 cm³/mol. The summed E-state index contributed by atoms with van der Waals surface area (Å²) < 4.78 is 26.1. The second-order valence-corrected chi connectivity index (χ2v) is 2.88. The molecule has 0 saturated heterocycles. The molecule has 0 fully saturated rings. The van der Waals surface area contributed by atoms with Crippen LogP contribution in [0.15, 0.2) is 35.1 Å². The van der Waals surface area contributed by atoms with E-state index in [4.69, 9.17) is 0 Å². The lowest BCUT2D eigenvalue weighted by Gasteiger charge is -2.01. The predicted octanol–water partition coefficient (Wildman–Crippen LogP) is 1.72. The van der Waals surface area contributed by atoms with Gasteiger partial charge >= 0.3 is 5.69 Å². The number of rotatable bonds is 1. The van der Waals surface area contributed by atoms with Gasteiger partial charge < -0.3 is 0 Å². The van der Waals surface area contributed by atoms with Crippen molar-refractivity contribution in [3.8, 4) is 11.3 Å². The van der Waals surface area contributed by atoms with Crippen molar-refractivity contribution in [3.05, 3.63) is 52.6 Å². The van der Waals surface area contributed by atoms with Crippen molar-refractivity contribution in [2.75, 3.05) is 0 Å². The van der Waals surface area contributed by atoms with Crippen LogP contribution in [-0.2, 0) is 0 Å². The molecule has 0 aliphatic heterocycles. The van der Waals surface area contributed by atoms with Crippen LogP contribution in [0.5, 0.6) is 0 Å². The minimum Gasteiger partial charge on any atom is -0.280 e. The molecule has 1 aromatic heterocycles. The summed E-state index contributed by atoms with van der Waals surface area (Å²) in [6.45, 7) is 0. The first kappa shape index (κ1) is 9.51. The van der Waals surface area contributed by atoms with Gasteiger partial charge in [-0.15, -0.1) is 0 Å². The van der Waals surface area contributed by atoms with Gasteiger partial charge in [-0.3, -0.25) is 4.98 Å². The van der Waals surface area contributed by atoms with Gasteiger partial charge in [0.15, 0.2) is 0 Å².